The van der Waals surface area contributed by atoms with Gasteiger partial charge in [-0.1, -0.05) is 30.3 Å². The molecular formula is C14H18N2O4. The van der Waals surface area contributed by atoms with E-state index in [1.807, 2.05) is 6.07 Å². The van der Waals surface area contributed by atoms with Gasteiger partial charge in [0.1, 0.15) is 6.04 Å². The van der Waals surface area contributed by atoms with Gasteiger partial charge in [-0.2, -0.15) is 0 Å². The van der Waals surface area contributed by atoms with Crippen molar-refractivity contribution in [1.29, 1.82) is 0 Å². The van der Waals surface area contributed by atoms with Gasteiger partial charge in [-0.25, -0.2) is 0 Å². The Bertz CT molecular complexity index is 487. The summed E-state index contributed by atoms with van der Waals surface area (Å²) in [5.74, 6) is -1.75. The van der Waals surface area contributed by atoms with E-state index < -0.39 is 24.0 Å². The summed E-state index contributed by atoms with van der Waals surface area (Å²) >= 11 is 0. The standard InChI is InChI=1S/C14H18N2O4/c1-9(15-10(2)17)14(20)16-12(8-13(18)19)11-6-4-3-5-7-11/h3-7,9,12H,8H2,1-2H3,(H,15,17)(H,16,20)(H,18,19). The summed E-state index contributed by atoms with van der Waals surface area (Å²) in [6.07, 6.45) is -0.220. The van der Waals surface area contributed by atoms with Gasteiger partial charge in [-0.3, -0.25) is 14.4 Å². The smallest absolute Gasteiger partial charge is 0.305 e. The largest absolute Gasteiger partial charge is 0.481 e. The quantitative estimate of drug-likeness (QED) is 0.718. The summed E-state index contributed by atoms with van der Waals surface area (Å²) in [7, 11) is 0. The molecule has 2 unspecified atom stereocenters. The maximum absolute atomic E-state index is 11.9. The maximum atomic E-state index is 11.9. The maximum Gasteiger partial charge on any atom is 0.305 e. The molecule has 1 aromatic carbocycles. The molecule has 0 saturated carbocycles. The SMILES string of the molecule is CC(=O)NC(C)C(=O)NC(CC(=O)O)c1ccccc1. The minimum Gasteiger partial charge on any atom is -0.481 e. The van der Waals surface area contributed by atoms with Crippen molar-refractivity contribution in [1.82, 2.24) is 10.6 Å². The molecular weight excluding hydrogens is 260 g/mol. The third-order valence-electron chi connectivity index (χ3n) is 2.71. The predicted octanol–water partition coefficient (Wildman–Crippen LogP) is 0.843. The lowest BCUT2D eigenvalue weighted by Gasteiger charge is -2.20. The Hall–Kier alpha value is -2.37. The van der Waals surface area contributed by atoms with Crippen LogP contribution < -0.4 is 10.6 Å². The molecule has 0 aromatic heterocycles. The van der Waals surface area contributed by atoms with Crippen molar-refractivity contribution in [2.45, 2.75) is 32.4 Å². The molecule has 0 bridgehead atoms. The first-order valence-corrected chi connectivity index (χ1v) is 6.24. The third kappa shape index (κ3) is 5.09. The predicted molar refractivity (Wildman–Crippen MR) is 72.9 cm³/mol. The van der Waals surface area contributed by atoms with E-state index in [1.165, 1.54) is 6.92 Å². The van der Waals surface area contributed by atoms with Crippen LogP contribution in [0.2, 0.25) is 0 Å². The minimum atomic E-state index is -1.01. The first-order chi connectivity index (χ1) is 9.40. The fraction of sp³-hybridized carbons (Fsp3) is 0.357. The molecule has 0 aliphatic rings. The van der Waals surface area contributed by atoms with E-state index in [2.05, 4.69) is 10.6 Å². The van der Waals surface area contributed by atoms with Gasteiger partial charge >= 0.3 is 5.97 Å². The summed E-state index contributed by atoms with van der Waals surface area (Å²) in [6.45, 7) is 2.86. The Morgan fingerprint density at radius 2 is 1.75 bits per heavy atom. The van der Waals surface area contributed by atoms with Crippen LogP contribution in [0.5, 0.6) is 0 Å². The lowest BCUT2D eigenvalue weighted by atomic mass is 10.0. The number of carbonyl (C=O) groups excluding carboxylic acids is 2. The highest BCUT2D eigenvalue weighted by Crippen LogP contribution is 2.16. The number of carbonyl (C=O) groups is 3. The fourth-order valence-corrected chi connectivity index (χ4v) is 1.78. The summed E-state index contributed by atoms with van der Waals surface area (Å²) in [4.78, 5) is 33.7. The van der Waals surface area contributed by atoms with Crippen LogP contribution in [0.4, 0.5) is 0 Å². The van der Waals surface area contributed by atoms with Gasteiger partial charge in [0, 0.05) is 6.92 Å². The summed E-state index contributed by atoms with van der Waals surface area (Å²) in [5, 5.41) is 14.0. The van der Waals surface area contributed by atoms with Crippen LogP contribution in [-0.2, 0) is 14.4 Å². The third-order valence-corrected chi connectivity index (χ3v) is 2.71. The highest BCUT2D eigenvalue weighted by atomic mass is 16.4. The van der Waals surface area contributed by atoms with Crippen LogP contribution in [0, 0.1) is 0 Å². The summed E-state index contributed by atoms with van der Waals surface area (Å²) in [6, 6.07) is 7.50. The van der Waals surface area contributed by atoms with Crippen LogP contribution in [0.15, 0.2) is 30.3 Å². The monoisotopic (exact) mass is 278 g/mol. The number of carboxylic acid groups (broad SMARTS) is 1. The summed E-state index contributed by atoms with van der Waals surface area (Å²) in [5.41, 5.74) is 0.707. The molecule has 0 heterocycles. The normalized spacial score (nSPS) is 13.1. The van der Waals surface area contributed by atoms with Crippen molar-refractivity contribution in [3.63, 3.8) is 0 Å². The molecule has 0 radical (unpaired) electrons. The molecule has 2 atom stereocenters. The number of carboxylic acids is 1. The highest BCUT2D eigenvalue weighted by Gasteiger charge is 2.21. The van der Waals surface area contributed by atoms with E-state index in [0.29, 0.717) is 5.56 Å². The van der Waals surface area contributed by atoms with Crippen LogP contribution in [0.1, 0.15) is 31.9 Å². The topological polar surface area (TPSA) is 95.5 Å². The molecule has 1 aromatic rings. The second kappa shape index (κ2) is 7.28. The second-order valence-electron chi connectivity index (χ2n) is 4.49. The zero-order valence-electron chi connectivity index (χ0n) is 11.4. The Balaban J connectivity index is 2.78. The van der Waals surface area contributed by atoms with E-state index in [-0.39, 0.29) is 12.3 Å². The van der Waals surface area contributed by atoms with Crippen molar-refractivity contribution in [3.05, 3.63) is 35.9 Å². The van der Waals surface area contributed by atoms with Gasteiger partial charge in [0.2, 0.25) is 11.8 Å². The van der Waals surface area contributed by atoms with Gasteiger partial charge in [-0.05, 0) is 12.5 Å². The number of hydrogen-bond donors (Lipinski definition) is 3. The Morgan fingerprint density at radius 1 is 1.15 bits per heavy atom. The molecule has 1 rings (SSSR count). The van der Waals surface area contributed by atoms with Crippen LogP contribution >= 0.6 is 0 Å². The van der Waals surface area contributed by atoms with Gasteiger partial charge in [0.15, 0.2) is 0 Å². The zero-order valence-corrected chi connectivity index (χ0v) is 11.4. The fourth-order valence-electron chi connectivity index (χ4n) is 1.78. The van der Waals surface area contributed by atoms with Crippen molar-refractivity contribution in [3.8, 4) is 0 Å². The molecule has 6 heteroatoms. The van der Waals surface area contributed by atoms with Crippen molar-refractivity contribution in [2.24, 2.45) is 0 Å². The van der Waals surface area contributed by atoms with Gasteiger partial charge in [-0.15, -0.1) is 0 Å². The van der Waals surface area contributed by atoms with Crippen molar-refractivity contribution >= 4 is 17.8 Å². The molecule has 0 aliphatic heterocycles. The molecule has 0 saturated heterocycles. The molecule has 6 nitrogen and oxygen atoms in total. The Kier molecular flexibility index (Phi) is 5.71. The number of amides is 2. The van der Waals surface area contributed by atoms with Gasteiger partial charge < -0.3 is 15.7 Å². The Labute approximate surface area is 117 Å². The molecule has 3 N–H and O–H groups in total. The van der Waals surface area contributed by atoms with Gasteiger partial charge in [0.05, 0.1) is 12.5 Å². The number of benzene rings is 1. The molecule has 108 valence electrons. The van der Waals surface area contributed by atoms with E-state index >= 15 is 0 Å². The average Bonchev–Trinajstić information content (AvgIpc) is 2.37. The van der Waals surface area contributed by atoms with Gasteiger partial charge in [0.25, 0.3) is 0 Å². The molecule has 0 spiro atoms. The lowest BCUT2D eigenvalue weighted by molar-refractivity contribution is -0.138. The first-order valence-electron chi connectivity index (χ1n) is 6.24. The van der Waals surface area contributed by atoms with E-state index in [1.54, 1.807) is 31.2 Å². The molecule has 20 heavy (non-hydrogen) atoms. The van der Waals surface area contributed by atoms with E-state index in [0.717, 1.165) is 0 Å². The second-order valence-corrected chi connectivity index (χ2v) is 4.49. The average molecular weight is 278 g/mol. The number of aliphatic carboxylic acids is 1. The zero-order chi connectivity index (χ0) is 15.1. The Morgan fingerprint density at radius 3 is 2.25 bits per heavy atom. The number of rotatable bonds is 6. The number of nitrogens with one attached hydrogen (secondary N) is 2. The lowest BCUT2D eigenvalue weighted by Crippen LogP contribution is -2.45. The van der Waals surface area contributed by atoms with Crippen LogP contribution in [-0.4, -0.2) is 28.9 Å². The number of hydrogen-bond acceptors (Lipinski definition) is 3. The first kappa shape index (κ1) is 15.7. The molecule has 2 amide bonds. The molecule has 0 fully saturated rings. The van der Waals surface area contributed by atoms with Crippen LogP contribution in [0.3, 0.4) is 0 Å². The van der Waals surface area contributed by atoms with E-state index in [4.69, 9.17) is 5.11 Å². The van der Waals surface area contributed by atoms with Crippen molar-refractivity contribution < 1.29 is 19.5 Å². The van der Waals surface area contributed by atoms with Crippen molar-refractivity contribution in [2.75, 3.05) is 0 Å². The van der Waals surface area contributed by atoms with E-state index in [9.17, 15) is 14.4 Å². The van der Waals surface area contributed by atoms with Crippen LogP contribution in [0.25, 0.3) is 0 Å². The molecule has 0 aliphatic carbocycles. The highest BCUT2D eigenvalue weighted by molar-refractivity contribution is 5.87. The summed E-state index contributed by atoms with van der Waals surface area (Å²) < 4.78 is 0. The minimum absolute atomic E-state index is 0.220.